The summed E-state index contributed by atoms with van der Waals surface area (Å²) in [6.45, 7) is 8.79. The molecule has 0 N–H and O–H groups in total. The van der Waals surface area contributed by atoms with Gasteiger partial charge in [0.25, 0.3) is 0 Å². The zero-order chi connectivity index (χ0) is 31.8. The maximum Gasteiger partial charge on any atom is 0.306 e. The van der Waals surface area contributed by atoms with Crippen LogP contribution in [-0.2, 0) is 28.6 Å². The Hall–Kier alpha value is -1.59. The van der Waals surface area contributed by atoms with Crippen molar-refractivity contribution in [1.82, 2.24) is 0 Å². The monoisotopic (exact) mass is 611 g/mol. The Bertz CT molecular complexity index is 647. The Morgan fingerprint density at radius 3 is 1.14 bits per heavy atom. The van der Waals surface area contributed by atoms with E-state index in [1.807, 2.05) is 0 Å². The molecule has 0 radical (unpaired) electrons. The van der Waals surface area contributed by atoms with Gasteiger partial charge >= 0.3 is 17.9 Å². The lowest BCUT2D eigenvalue weighted by Crippen LogP contribution is -2.30. The molecule has 0 amide bonds. The summed E-state index contributed by atoms with van der Waals surface area (Å²) < 4.78 is 16.4. The van der Waals surface area contributed by atoms with Crippen LogP contribution in [0, 0.1) is 5.92 Å². The van der Waals surface area contributed by atoms with E-state index in [1.165, 1.54) is 83.5 Å². The van der Waals surface area contributed by atoms with Crippen LogP contribution in [-0.4, -0.2) is 37.2 Å². The number of unbranched alkanes of at least 4 members (excludes halogenated alkanes) is 19. The Balaban J connectivity index is 4.29. The average molecular weight is 611 g/mol. The third-order valence-corrected chi connectivity index (χ3v) is 8.04. The highest BCUT2D eigenvalue weighted by molar-refractivity contribution is 5.71. The normalized spacial score (nSPS) is 11.9. The highest BCUT2D eigenvalue weighted by Crippen LogP contribution is 2.14. The highest BCUT2D eigenvalue weighted by atomic mass is 16.6. The second-order valence-corrected chi connectivity index (χ2v) is 13.0. The van der Waals surface area contributed by atoms with E-state index in [0.29, 0.717) is 19.3 Å². The fourth-order valence-corrected chi connectivity index (χ4v) is 5.21. The van der Waals surface area contributed by atoms with E-state index in [2.05, 4.69) is 27.7 Å². The second-order valence-electron chi connectivity index (χ2n) is 13.0. The number of carbonyl (C=O) groups is 3. The molecule has 0 saturated carbocycles. The number of hydrogen-bond acceptors (Lipinski definition) is 6. The minimum Gasteiger partial charge on any atom is -0.462 e. The van der Waals surface area contributed by atoms with Crippen molar-refractivity contribution in [2.75, 3.05) is 13.2 Å². The number of ether oxygens (including phenoxy) is 3. The molecule has 0 rings (SSSR count). The zero-order valence-electron chi connectivity index (χ0n) is 28.9. The fourth-order valence-electron chi connectivity index (χ4n) is 5.21. The first kappa shape index (κ1) is 41.4. The summed E-state index contributed by atoms with van der Waals surface area (Å²) in [6.07, 6.45) is 27.0. The van der Waals surface area contributed by atoms with Gasteiger partial charge in [0.2, 0.25) is 0 Å². The average Bonchev–Trinajstić information content (AvgIpc) is 2.98. The predicted octanol–water partition coefficient (Wildman–Crippen LogP) is 10.8. The summed E-state index contributed by atoms with van der Waals surface area (Å²) in [5.74, 6) is -0.127. The van der Waals surface area contributed by atoms with Crippen LogP contribution in [0.1, 0.15) is 195 Å². The fraction of sp³-hybridized carbons (Fsp3) is 0.919. The molecular weight excluding hydrogens is 540 g/mol. The van der Waals surface area contributed by atoms with Crippen LogP contribution in [0.5, 0.6) is 0 Å². The van der Waals surface area contributed by atoms with Gasteiger partial charge in [-0.05, 0) is 25.2 Å². The standard InChI is InChI=1S/C37H70O6/c1-5-7-9-11-12-13-14-15-16-21-25-29-36(39)42-32-34(31-41-35(38)28-24-19-10-8-6-2)43-37(40)30-26-22-18-17-20-23-27-33(3)4/h33-34H,5-32H2,1-4H3/t34-/m1/s1. The van der Waals surface area contributed by atoms with Crippen LogP contribution >= 0.6 is 0 Å². The van der Waals surface area contributed by atoms with Gasteiger partial charge < -0.3 is 14.2 Å². The third-order valence-electron chi connectivity index (χ3n) is 8.04. The van der Waals surface area contributed by atoms with Crippen molar-refractivity contribution < 1.29 is 28.6 Å². The topological polar surface area (TPSA) is 78.9 Å². The molecule has 0 spiro atoms. The SMILES string of the molecule is CCCCCCCCCCCCCC(=O)OC[C@@H](COC(=O)CCCCCCC)OC(=O)CCCCCCCCC(C)C. The van der Waals surface area contributed by atoms with E-state index in [4.69, 9.17) is 14.2 Å². The Morgan fingerprint density at radius 1 is 0.442 bits per heavy atom. The minimum atomic E-state index is -0.756. The van der Waals surface area contributed by atoms with Gasteiger partial charge in [-0.25, -0.2) is 0 Å². The summed E-state index contributed by atoms with van der Waals surface area (Å²) in [4.78, 5) is 37.1. The summed E-state index contributed by atoms with van der Waals surface area (Å²) >= 11 is 0. The molecule has 0 aromatic heterocycles. The van der Waals surface area contributed by atoms with Crippen molar-refractivity contribution in [3.63, 3.8) is 0 Å². The molecule has 0 aliphatic carbocycles. The first-order valence-electron chi connectivity index (χ1n) is 18.4. The van der Waals surface area contributed by atoms with E-state index in [9.17, 15) is 14.4 Å². The molecule has 0 heterocycles. The first-order valence-corrected chi connectivity index (χ1v) is 18.4. The number of carbonyl (C=O) groups excluding carboxylic acids is 3. The van der Waals surface area contributed by atoms with Gasteiger partial charge in [-0.1, -0.05) is 156 Å². The minimum absolute atomic E-state index is 0.0672. The summed E-state index contributed by atoms with van der Waals surface area (Å²) in [5.41, 5.74) is 0. The van der Waals surface area contributed by atoms with E-state index < -0.39 is 6.10 Å². The van der Waals surface area contributed by atoms with Gasteiger partial charge in [-0.15, -0.1) is 0 Å². The molecule has 0 fully saturated rings. The van der Waals surface area contributed by atoms with E-state index in [1.54, 1.807) is 0 Å². The predicted molar refractivity (Wildman–Crippen MR) is 178 cm³/mol. The van der Waals surface area contributed by atoms with E-state index in [0.717, 1.165) is 70.1 Å². The smallest absolute Gasteiger partial charge is 0.306 e. The van der Waals surface area contributed by atoms with Crippen molar-refractivity contribution in [2.24, 2.45) is 5.92 Å². The molecule has 6 heteroatoms. The lowest BCUT2D eigenvalue weighted by molar-refractivity contribution is -0.167. The van der Waals surface area contributed by atoms with Crippen molar-refractivity contribution in [2.45, 2.75) is 201 Å². The molecule has 0 unspecified atom stereocenters. The number of rotatable bonds is 32. The Labute approximate surface area is 266 Å². The molecule has 6 nitrogen and oxygen atoms in total. The number of esters is 3. The van der Waals surface area contributed by atoms with Crippen LogP contribution in [0.3, 0.4) is 0 Å². The molecule has 1 atom stereocenters. The maximum absolute atomic E-state index is 12.5. The molecule has 0 aliphatic rings. The van der Waals surface area contributed by atoms with Crippen molar-refractivity contribution in [1.29, 1.82) is 0 Å². The van der Waals surface area contributed by atoms with Crippen molar-refractivity contribution in [3.8, 4) is 0 Å². The summed E-state index contributed by atoms with van der Waals surface area (Å²) in [7, 11) is 0. The zero-order valence-corrected chi connectivity index (χ0v) is 28.9. The van der Waals surface area contributed by atoms with Crippen LogP contribution in [0.4, 0.5) is 0 Å². The van der Waals surface area contributed by atoms with Crippen LogP contribution in [0.15, 0.2) is 0 Å². The van der Waals surface area contributed by atoms with Gasteiger partial charge in [0.15, 0.2) is 6.10 Å². The lowest BCUT2D eigenvalue weighted by Gasteiger charge is -2.18. The van der Waals surface area contributed by atoms with E-state index in [-0.39, 0.29) is 31.1 Å². The summed E-state index contributed by atoms with van der Waals surface area (Å²) in [5, 5.41) is 0. The Kier molecular flexibility index (Phi) is 30.6. The van der Waals surface area contributed by atoms with Gasteiger partial charge in [0, 0.05) is 19.3 Å². The molecular formula is C37H70O6. The summed E-state index contributed by atoms with van der Waals surface area (Å²) in [6, 6.07) is 0. The number of hydrogen-bond donors (Lipinski definition) is 0. The lowest BCUT2D eigenvalue weighted by atomic mass is 10.0. The second kappa shape index (κ2) is 31.8. The highest BCUT2D eigenvalue weighted by Gasteiger charge is 2.19. The first-order chi connectivity index (χ1) is 20.9. The molecule has 0 aromatic carbocycles. The third kappa shape index (κ3) is 31.6. The van der Waals surface area contributed by atoms with Crippen molar-refractivity contribution >= 4 is 17.9 Å². The molecule has 0 saturated heterocycles. The van der Waals surface area contributed by atoms with Crippen LogP contribution < -0.4 is 0 Å². The van der Waals surface area contributed by atoms with Crippen molar-refractivity contribution in [3.05, 3.63) is 0 Å². The Morgan fingerprint density at radius 2 is 0.767 bits per heavy atom. The quantitative estimate of drug-likeness (QED) is 0.0428. The maximum atomic E-state index is 12.5. The van der Waals surface area contributed by atoms with Crippen LogP contribution in [0.2, 0.25) is 0 Å². The van der Waals surface area contributed by atoms with E-state index >= 15 is 0 Å². The molecule has 0 aliphatic heterocycles. The molecule has 0 aromatic rings. The van der Waals surface area contributed by atoms with Gasteiger partial charge in [-0.3, -0.25) is 14.4 Å². The van der Waals surface area contributed by atoms with Gasteiger partial charge in [-0.2, -0.15) is 0 Å². The largest absolute Gasteiger partial charge is 0.462 e. The van der Waals surface area contributed by atoms with Gasteiger partial charge in [0.05, 0.1) is 0 Å². The molecule has 0 bridgehead atoms. The van der Waals surface area contributed by atoms with Crippen LogP contribution in [0.25, 0.3) is 0 Å². The van der Waals surface area contributed by atoms with Gasteiger partial charge in [0.1, 0.15) is 13.2 Å². The molecule has 43 heavy (non-hydrogen) atoms. The molecule has 254 valence electrons.